The first-order valence-corrected chi connectivity index (χ1v) is 36.9. The summed E-state index contributed by atoms with van der Waals surface area (Å²) in [6, 6.07) is 0. The number of carbonyl (C=O) groups excluding carboxylic acids is 9. The quantitative estimate of drug-likeness (QED) is 0.0676. The number of carbonyl (C=O) groups is 9. The highest BCUT2D eigenvalue weighted by Crippen LogP contribution is 2.65. The summed E-state index contributed by atoms with van der Waals surface area (Å²) >= 11 is 0. The van der Waals surface area contributed by atoms with Crippen molar-refractivity contribution in [3.8, 4) is 0 Å². The molecule has 0 aromatic rings. The zero-order valence-electron chi connectivity index (χ0n) is 59.6. The lowest BCUT2D eigenvalue weighted by Crippen LogP contribution is -2.58. The fourth-order valence-corrected chi connectivity index (χ4v) is 20.9. The Kier molecular flexibility index (Phi) is 22.6. The Balaban J connectivity index is 0.000000138. The van der Waals surface area contributed by atoms with Crippen LogP contribution in [0, 0.1) is 70.0 Å². The molecule has 22 heteroatoms. The largest absolute Gasteiger partial charge is 0.463 e. The first kappa shape index (κ1) is 75.8. The molecular formula is C76H106O21S. The maximum absolute atomic E-state index is 12.1. The van der Waals surface area contributed by atoms with E-state index in [9.17, 15) is 51.6 Å². The van der Waals surface area contributed by atoms with Crippen LogP contribution in [0.25, 0.3) is 0 Å². The van der Waals surface area contributed by atoms with Crippen molar-refractivity contribution in [1.29, 1.82) is 0 Å². The number of hydrogen-bond donors (Lipinski definition) is 0. The third-order valence-electron chi connectivity index (χ3n) is 23.8. The van der Waals surface area contributed by atoms with Crippen LogP contribution in [-0.4, -0.2) is 127 Å². The molecular weight excluding hydrogens is 1280 g/mol. The Morgan fingerprint density at radius 3 is 1.54 bits per heavy atom. The van der Waals surface area contributed by atoms with Gasteiger partial charge in [-0.2, -0.15) is 8.42 Å². The van der Waals surface area contributed by atoms with Gasteiger partial charge in [-0.3, -0.25) is 13.8 Å². The third kappa shape index (κ3) is 16.0. The molecule has 5 saturated heterocycles. The Labute approximate surface area is 578 Å². The maximum Gasteiger partial charge on any atom is 0.347 e. The van der Waals surface area contributed by atoms with Gasteiger partial charge in [0.25, 0.3) is 10.1 Å². The van der Waals surface area contributed by atoms with Gasteiger partial charge in [0.2, 0.25) is 6.10 Å². The Morgan fingerprint density at radius 1 is 0.531 bits per heavy atom. The standard InChI is InChI=1S/C18H28O2.C14H18O4.C13H22O2.C12H14O4.C11H14O5S.C8H10O4/c1-5-17(4,20-16(19)12(2)3)18-9-13-6-14(10-18)8-15(7-13)11-18;1-8(2)12(15)18-14-5-9-3-10(6-14)13(16)17-11(4-9)7-14;1-10(2)11(14)15-13(12(3,4)5)8-6-7-9-13;1-5(2)11(13)15-9-6-3-7-8(4-6)12(14)16-10(7)9;1-5(2)11(12)15-9-6-3-7-8(4-6)17(13,14)16-10(7)9;1-5(2)7(9)12-6-3-4-11-8(6)10/h13-15H,2,5-11H2,1,3-4H3;9-11H,1,3-7H2,2H3;1,6-9H2,2-5H3;6-10H,1,3-4H2,2H3;6-10H,1,3-4H2,2H3;6H,1,3-4H2,2H3. The highest BCUT2D eigenvalue weighted by molar-refractivity contribution is 7.87. The minimum atomic E-state index is -3.43. The normalized spacial score (nSPS) is 36.6. The van der Waals surface area contributed by atoms with Gasteiger partial charge in [0.05, 0.1) is 23.7 Å². The topological polar surface area (TPSA) is 280 Å². The van der Waals surface area contributed by atoms with Crippen molar-refractivity contribution in [1.82, 2.24) is 0 Å². The highest BCUT2D eigenvalue weighted by Gasteiger charge is 2.66. The average Bonchev–Trinajstić information content (AvgIpc) is 1.35. The van der Waals surface area contributed by atoms with E-state index in [0.29, 0.717) is 72.0 Å². The Bertz CT molecular complexity index is 3330. The monoisotopic (exact) mass is 1390 g/mol. The summed E-state index contributed by atoms with van der Waals surface area (Å²) in [7, 11) is -3.43. The number of fused-ring (bicyclic) bond motifs is 3. The van der Waals surface area contributed by atoms with Crippen LogP contribution >= 0.6 is 0 Å². The maximum atomic E-state index is 12.1. The van der Waals surface area contributed by atoms with Gasteiger partial charge in [-0.1, -0.05) is 67.2 Å². The minimum absolute atomic E-state index is 0.00733. The van der Waals surface area contributed by atoms with Crippen molar-refractivity contribution >= 4 is 63.8 Å². The van der Waals surface area contributed by atoms with Crippen molar-refractivity contribution in [3.63, 3.8) is 0 Å². The molecule has 11 saturated carbocycles. The SMILES string of the molecule is C=C(C)C(=O)OC(C)(CC)C12CC3CC(CC(C3)C1)C2.C=C(C)C(=O)OC1(C(C)(C)C)CCCC1.C=C(C)C(=O)OC12CC3CC(C1)OC(=O)C(C3)C2.C=C(C)C(=O)OC1C2CC3C(=O)OC1C3C2.C=C(C)C(=O)OC1C2CC3C1OS(=O)(=O)C3C2.C=C(C)C(=O)OC1CCOC1=O. The predicted molar refractivity (Wildman–Crippen MR) is 358 cm³/mol. The molecule has 0 aromatic carbocycles. The summed E-state index contributed by atoms with van der Waals surface area (Å²) in [6.07, 6.45) is 18.7. The van der Waals surface area contributed by atoms with E-state index in [4.69, 9.17) is 42.1 Å². The van der Waals surface area contributed by atoms with Crippen LogP contribution in [-0.2, 0) is 100 Å². The van der Waals surface area contributed by atoms with Crippen LogP contribution in [0.3, 0.4) is 0 Å². The van der Waals surface area contributed by atoms with Gasteiger partial charge in [0, 0.05) is 87.2 Å². The fourth-order valence-electron chi connectivity index (χ4n) is 19.0. The Hall–Kier alpha value is -6.42. The molecule has 0 radical (unpaired) electrons. The van der Waals surface area contributed by atoms with Crippen molar-refractivity contribution in [2.75, 3.05) is 6.61 Å². The molecule has 12 bridgehead atoms. The fraction of sp³-hybridized carbons (Fsp3) is 0.724. The molecule has 5 aliphatic heterocycles. The molecule has 0 amide bonds. The second-order valence-corrected chi connectivity index (χ2v) is 34.2. The highest BCUT2D eigenvalue weighted by atomic mass is 32.2. The van der Waals surface area contributed by atoms with Gasteiger partial charge in [0.1, 0.15) is 47.3 Å². The lowest BCUT2D eigenvalue weighted by Gasteiger charge is -2.62. The molecule has 0 N–H and O–H groups in total. The van der Waals surface area contributed by atoms with Crippen molar-refractivity contribution < 1.29 is 98.4 Å². The number of cyclic esters (lactones) is 1. The number of rotatable bonds is 14. The second kappa shape index (κ2) is 29.3. The summed E-state index contributed by atoms with van der Waals surface area (Å²) in [5.74, 6) is 0.937. The van der Waals surface area contributed by atoms with Gasteiger partial charge in [0.15, 0.2) is 0 Å². The molecule has 0 aromatic heterocycles. The molecule has 21 nitrogen and oxygen atoms in total. The van der Waals surface area contributed by atoms with Crippen molar-refractivity contribution in [2.45, 2.75) is 270 Å². The van der Waals surface area contributed by atoms with Crippen molar-refractivity contribution in [2.24, 2.45) is 70.0 Å². The number of ether oxygens (including phenoxy) is 9. The molecule has 16 unspecified atom stereocenters. The molecule has 98 heavy (non-hydrogen) atoms. The first-order chi connectivity index (χ1) is 45.7. The number of hydrogen-bond acceptors (Lipinski definition) is 21. The first-order valence-electron chi connectivity index (χ1n) is 35.5. The van der Waals surface area contributed by atoms with Crippen LogP contribution in [0.2, 0.25) is 0 Å². The van der Waals surface area contributed by atoms with E-state index < -0.39 is 51.9 Å². The van der Waals surface area contributed by atoms with E-state index in [1.807, 2.05) is 0 Å². The molecule has 16 atom stereocenters. The predicted octanol–water partition coefficient (Wildman–Crippen LogP) is 12.0. The van der Waals surface area contributed by atoms with Gasteiger partial charge < -0.3 is 42.6 Å². The van der Waals surface area contributed by atoms with Crippen LogP contribution in [0.1, 0.15) is 211 Å². The third-order valence-corrected chi connectivity index (χ3v) is 25.6. The second-order valence-electron chi connectivity index (χ2n) is 32.5. The summed E-state index contributed by atoms with van der Waals surface area (Å²) in [5, 5.41) is -0.378. The van der Waals surface area contributed by atoms with Crippen LogP contribution in [0.15, 0.2) is 72.9 Å². The van der Waals surface area contributed by atoms with Gasteiger partial charge in [-0.15, -0.1) is 0 Å². The zero-order valence-corrected chi connectivity index (χ0v) is 60.4. The van der Waals surface area contributed by atoms with Crippen molar-refractivity contribution in [3.05, 3.63) is 72.9 Å². The zero-order chi connectivity index (χ0) is 72.1. The molecule has 16 rings (SSSR count). The molecule has 0 spiro atoms. The Morgan fingerprint density at radius 2 is 1.03 bits per heavy atom. The van der Waals surface area contributed by atoms with E-state index in [2.05, 4.69) is 78.8 Å². The summed E-state index contributed by atoms with van der Waals surface area (Å²) in [6.45, 7) is 42.4. The van der Waals surface area contributed by atoms with Gasteiger partial charge in [-0.05, 0) is 188 Å². The molecule has 542 valence electrons. The minimum Gasteiger partial charge on any atom is -0.463 e. The molecule has 16 aliphatic rings. The van der Waals surface area contributed by atoms with E-state index >= 15 is 0 Å². The van der Waals surface area contributed by atoms with E-state index in [0.717, 1.165) is 88.4 Å². The summed E-state index contributed by atoms with van der Waals surface area (Å²) < 4.78 is 76.5. The van der Waals surface area contributed by atoms with E-state index in [1.54, 1.807) is 34.6 Å². The number of esters is 9. The summed E-state index contributed by atoms with van der Waals surface area (Å²) in [5.41, 5.74) is 1.61. The van der Waals surface area contributed by atoms with Gasteiger partial charge >= 0.3 is 53.7 Å². The molecule has 11 aliphatic carbocycles. The van der Waals surface area contributed by atoms with E-state index in [1.165, 1.54) is 45.4 Å². The van der Waals surface area contributed by atoms with Crippen LogP contribution < -0.4 is 0 Å². The average molecular weight is 1390 g/mol. The van der Waals surface area contributed by atoms with Crippen LogP contribution in [0.4, 0.5) is 0 Å². The lowest BCUT2D eigenvalue weighted by molar-refractivity contribution is -0.201. The summed E-state index contributed by atoms with van der Waals surface area (Å²) in [4.78, 5) is 103. The van der Waals surface area contributed by atoms with Crippen LogP contribution in [0.5, 0.6) is 0 Å². The van der Waals surface area contributed by atoms with Gasteiger partial charge in [-0.25, -0.2) is 33.6 Å². The smallest absolute Gasteiger partial charge is 0.347 e. The molecule has 16 fully saturated rings. The molecule has 5 heterocycles. The van der Waals surface area contributed by atoms with E-state index in [-0.39, 0.29) is 117 Å². The lowest BCUT2D eigenvalue weighted by atomic mass is 9.45.